The van der Waals surface area contributed by atoms with Crippen molar-refractivity contribution in [2.75, 3.05) is 12.8 Å². The molecule has 2 N–H and O–H groups in total. The zero-order valence-electron chi connectivity index (χ0n) is 11.1. The van der Waals surface area contributed by atoms with E-state index in [9.17, 15) is 0 Å². The van der Waals surface area contributed by atoms with Gasteiger partial charge in [0.05, 0.1) is 13.2 Å². The summed E-state index contributed by atoms with van der Waals surface area (Å²) in [5.74, 6) is 1.92. The molecule has 2 unspecified atom stereocenters. The fraction of sp³-hybridized carbons (Fsp3) is 0.692. The third kappa shape index (κ3) is 3.24. The Kier molecular flexibility index (Phi) is 4.23. The van der Waals surface area contributed by atoms with Gasteiger partial charge in [-0.2, -0.15) is 9.97 Å². The van der Waals surface area contributed by atoms with E-state index in [2.05, 4.69) is 16.9 Å². The minimum absolute atomic E-state index is 0.187. The van der Waals surface area contributed by atoms with Crippen molar-refractivity contribution in [3.63, 3.8) is 0 Å². The molecule has 0 saturated heterocycles. The van der Waals surface area contributed by atoms with E-state index in [4.69, 9.17) is 15.2 Å². The number of anilines is 1. The van der Waals surface area contributed by atoms with Crippen LogP contribution in [0.15, 0.2) is 6.07 Å². The third-order valence-corrected chi connectivity index (χ3v) is 3.51. The second-order valence-electron chi connectivity index (χ2n) is 4.79. The number of aromatic nitrogens is 2. The van der Waals surface area contributed by atoms with E-state index in [-0.39, 0.29) is 12.1 Å². The molecule has 5 heteroatoms. The number of methoxy groups -OCH3 is 1. The van der Waals surface area contributed by atoms with Crippen molar-refractivity contribution < 1.29 is 9.47 Å². The molecule has 2 atom stereocenters. The number of hydrogen-bond acceptors (Lipinski definition) is 5. The summed E-state index contributed by atoms with van der Waals surface area (Å²) in [4.78, 5) is 8.03. The standard InChI is InChI=1S/C13H21N3O2/c1-3-9-5-4-6-10(7-9)18-12-8-11(17-2)15-13(14)16-12/h8-10H,3-7H2,1-2H3,(H2,14,15,16). The van der Waals surface area contributed by atoms with E-state index < -0.39 is 0 Å². The summed E-state index contributed by atoms with van der Waals surface area (Å²) in [5.41, 5.74) is 5.61. The normalized spacial score (nSPS) is 23.7. The van der Waals surface area contributed by atoms with Crippen molar-refractivity contribution in [2.45, 2.75) is 45.1 Å². The lowest BCUT2D eigenvalue weighted by Crippen LogP contribution is -2.25. The first-order valence-electron chi connectivity index (χ1n) is 6.56. The molecule has 0 amide bonds. The number of ether oxygens (including phenoxy) is 2. The Morgan fingerprint density at radius 2 is 2.11 bits per heavy atom. The molecular weight excluding hydrogens is 230 g/mol. The number of nitrogens with two attached hydrogens (primary N) is 1. The average Bonchev–Trinajstić information content (AvgIpc) is 2.38. The molecule has 2 rings (SSSR count). The van der Waals surface area contributed by atoms with Gasteiger partial charge in [-0.25, -0.2) is 0 Å². The Bertz CT molecular complexity index is 398. The highest BCUT2D eigenvalue weighted by Gasteiger charge is 2.22. The Labute approximate surface area is 108 Å². The zero-order valence-corrected chi connectivity index (χ0v) is 11.1. The second-order valence-corrected chi connectivity index (χ2v) is 4.79. The topological polar surface area (TPSA) is 70.3 Å². The van der Waals surface area contributed by atoms with E-state index in [0.29, 0.717) is 11.8 Å². The Morgan fingerprint density at radius 1 is 1.33 bits per heavy atom. The molecule has 1 aromatic heterocycles. The molecule has 1 aromatic rings. The average molecular weight is 251 g/mol. The monoisotopic (exact) mass is 251 g/mol. The van der Waals surface area contributed by atoms with Gasteiger partial charge >= 0.3 is 0 Å². The van der Waals surface area contributed by atoms with Crippen LogP contribution in [0.5, 0.6) is 11.8 Å². The van der Waals surface area contributed by atoms with Crippen LogP contribution in [0, 0.1) is 5.92 Å². The van der Waals surface area contributed by atoms with Gasteiger partial charge in [-0.15, -0.1) is 0 Å². The van der Waals surface area contributed by atoms with Crippen molar-refractivity contribution in [2.24, 2.45) is 5.92 Å². The lowest BCUT2D eigenvalue weighted by molar-refractivity contribution is 0.116. The molecule has 1 aliphatic rings. The number of hydrogen-bond donors (Lipinski definition) is 1. The summed E-state index contributed by atoms with van der Waals surface area (Å²) >= 11 is 0. The van der Waals surface area contributed by atoms with Gasteiger partial charge in [-0.05, 0) is 25.2 Å². The molecule has 1 aliphatic carbocycles. The molecule has 1 fully saturated rings. The third-order valence-electron chi connectivity index (χ3n) is 3.51. The van der Waals surface area contributed by atoms with Gasteiger partial charge < -0.3 is 15.2 Å². The molecule has 1 saturated carbocycles. The molecule has 5 nitrogen and oxygen atoms in total. The van der Waals surface area contributed by atoms with Crippen LogP contribution in [0.25, 0.3) is 0 Å². The van der Waals surface area contributed by atoms with Gasteiger partial charge in [-0.3, -0.25) is 0 Å². The Balaban J connectivity index is 2.02. The summed E-state index contributed by atoms with van der Waals surface area (Å²) in [5, 5.41) is 0. The minimum Gasteiger partial charge on any atom is -0.481 e. The first-order chi connectivity index (χ1) is 8.71. The highest BCUT2D eigenvalue weighted by Crippen LogP contribution is 2.29. The highest BCUT2D eigenvalue weighted by atomic mass is 16.5. The van der Waals surface area contributed by atoms with Gasteiger partial charge in [0.2, 0.25) is 17.7 Å². The fourth-order valence-corrected chi connectivity index (χ4v) is 2.48. The van der Waals surface area contributed by atoms with Crippen LogP contribution in [0.1, 0.15) is 39.0 Å². The number of nitrogen functional groups attached to an aromatic ring is 1. The van der Waals surface area contributed by atoms with E-state index in [1.165, 1.54) is 19.3 Å². The van der Waals surface area contributed by atoms with E-state index >= 15 is 0 Å². The van der Waals surface area contributed by atoms with Gasteiger partial charge in [0.15, 0.2) is 0 Å². The first kappa shape index (κ1) is 12.9. The Hall–Kier alpha value is -1.52. The molecule has 1 heterocycles. The van der Waals surface area contributed by atoms with Crippen LogP contribution >= 0.6 is 0 Å². The van der Waals surface area contributed by atoms with Crippen LogP contribution in [0.4, 0.5) is 5.95 Å². The van der Waals surface area contributed by atoms with Crippen molar-refractivity contribution in [1.82, 2.24) is 9.97 Å². The van der Waals surface area contributed by atoms with Crippen LogP contribution < -0.4 is 15.2 Å². The summed E-state index contributed by atoms with van der Waals surface area (Å²) in [6.07, 6.45) is 6.18. The first-order valence-corrected chi connectivity index (χ1v) is 6.56. The number of rotatable bonds is 4. The molecule has 0 bridgehead atoms. The van der Waals surface area contributed by atoms with Crippen molar-refractivity contribution >= 4 is 5.95 Å². The highest BCUT2D eigenvalue weighted by molar-refractivity contribution is 5.29. The molecule has 100 valence electrons. The fourth-order valence-electron chi connectivity index (χ4n) is 2.48. The molecular formula is C13H21N3O2. The summed E-state index contributed by atoms with van der Waals surface area (Å²) < 4.78 is 11.0. The van der Waals surface area contributed by atoms with E-state index in [0.717, 1.165) is 18.8 Å². The van der Waals surface area contributed by atoms with Crippen molar-refractivity contribution in [3.05, 3.63) is 6.07 Å². The van der Waals surface area contributed by atoms with Gasteiger partial charge in [0.1, 0.15) is 6.10 Å². The zero-order chi connectivity index (χ0) is 13.0. The molecule has 0 radical (unpaired) electrons. The number of nitrogens with zero attached hydrogens (tertiary/aromatic N) is 2. The van der Waals surface area contributed by atoms with Crippen molar-refractivity contribution in [1.29, 1.82) is 0 Å². The predicted molar refractivity (Wildman–Crippen MR) is 69.7 cm³/mol. The van der Waals surface area contributed by atoms with E-state index in [1.54, 1.807) is 13.2 Å². The quantitative estimate of drug-likeness (QED) is 0.889. The lowest BCUT2D eigenvalue weighted by Gasteiger charge is -2.28. The van der Waals surface area contributed by atoms with Crippen LogP contribution in [-0.2, 0) is 0 Å². The maximum atomic E-state index is 5.90. The summed E-state index contributed by atoms with van der Waals surface area (Å²) in [6, 6.07) is 1.69. The van der Waals surface area contributed by atoms with Crippen LogP contribution in [0.2, 0.25) is 0 Å². The Morgan fingerprint density at radius 3 is 2.83 bits per heavy atom. The summed E-state index contributed by atoms with van der Waals surface area (Å²) in [6.45, 7) is 2.23. The maximum Gasteiger partial charge on any atom is 0.226 e. The smallest absolute Gasteiger partial charge is 0.226 e. The van der Waals surface area contributed by atoms with Crippen LogP contribution in [-0.4, -0.2) is 23.2 Å². The predicted octanol–water partition coefficient (Wildman–Crippen LogP) is 2.42. The molecule has 18 heavy (non-hydrogen) atoms. The lowest BCUT2D eigenvalue weighted by atomic mass is 9.85. The van der Waals surface area contributed by atoms with Gasteiger partial charge in [0.25, 0.3) is 0 Å². The van der Waals surface area contributed by atoms with E-state index in [1.807, 2.05) is 0 Å². The molecule has 0 aromatic carbocycles. The van der Waals surface area contributed by atoms with Gasteiger partial charge in [-0.1, -0.05) is 19.8 Å². The largest absolute Gasteiger partial charge is 0.481 e. The minimum atomic E-state index is 0.187. The summed E-state index contributed by atoms with van der Waals surface area (Å²) in [7, 11) is 1.55. The second kappa shape index (κ2) is 5.89. The molecule has 0 spiro atoms. The SMILES string of the molecule is CCC1CCCC(Oc2cc(OC)nc(N)n2)C1. The van der Waals surface area contributed by atoms with Crippen molar-refractivity contribution in [3.8, 4) is 11.8 Å². The molecule has 0 aliphatic heterocycles. The van der Waals surface area contributed by atoms with Crippen LogP contribution in [0.3, 0.4) is 0 Å². The maximum absolute atomic E-state index is 5.90. The van der Waals surface area contributed by atoms with Gasteiger partial charge in [0, 0.05) is 0 Å².